The summed E-state index contributed by atoms with van der Waals surface area (Å²) in [5.41, 5.74) is 0. The van der Waals surface area contributed by atoms with Crippen molar-refractivity contribution in [3.63, 3.8) is 0 Å². The zero-order valence-corrected chi connectivity index (χ0v) is 11.2. The summed E-state index contributed by atoms with van der Waals surface area (Å²) in [7, 11) is 0. The number of nitrogens with zero attached hydrogens (tertiary/aromatic N) is 2. The summed E-state index contributed by atoms with van der Waals surface area (Å²) in [6.07, 6.45) is 1.92. The number of halogens is 1. The lowest BCUT2D eigenvalue weighted by atomic mass is 10.2. The van der Waals surface area contributed by atoms with Crippen LogP contribution in [0.25, 0.3) is 0 Å². The maximum absolute atomic E-state index is 9.77. The number of hydrogen-bond acceptors (Lipinski definition) is 5. The van der Waals surface area contributed by atoms with E-state index in [1.54, 1.807) is 6.07 Å². The van der Waals surface area contributed by atoms with Gasteiger partial charge in [-0.3, -0.25) is 0 Å². The molecule has 0 aliphatic heterocycles. The van der Waals surface area contributed by atoms with E-state index in [-0.39, 0.29) is 6.10 Å². The average Bonchev–Trinajstić information content (AvgIpc) is 3.17. The molecule has 2 N–H and O–H groups in total. The van der Waals surface area contributed by atoms with Crippen molar-refractivity contribution >= 4 is 17.4 Å². The maximum Gasteiger partial charge on any atom is 0.158 e. The Kier molecular flexibility index (Phi) is 4.74. The molecule has 1 saturated carbocycles. The quantitative estimate of drug-likeness (QED) is 0.741. The highest BCUT2D eigenvalue weighted by Crippen LogP contribution is 2.32. The molecule has 5 nitrogen and oxygen atoms in total. The molecule has 0 amide bonds. The number of anilines is 1. The molecule has 0 spiro atoms. The van der Waals surface area contributed by atoms with Crippen LogP contribution in [0.1, 0.15) is 25.6 Å². The predicted octanol–water partition coefficient (Wildman–Crippen LogP) is 1.85. The zero-order chi connectivity index (χ0) is 13.0. The van der Waals surface area contributed by atoms with Gasteiger partial charge in [0.15, 0.2) is 5.82 Å². The van der Waals surface area contributed by atoms with Gasteiger partial charge in [-0.05, 0) is 25.7 Å². The molecule has 1 fully saturated rings. The van der Waals surface area contributed by atoms with Crippen LogP contribution in [0.3, 0.4) is 0 Å². The van der Waals surface area contributed by atoms with Gasteiger partial charge in [0.25, 0.3) is 0 Å². The van der Waals surface area contributed by atoms with Gasteiger partial charge in [-0.25, -0.2) is 9.97 Å². The molecule has 0 saturated heterocycles. The molecule has 1 aliphatic rings. The Labute approximate surface area is 112 Å². The van der Waals surface area contributed by atoms with Crippen LogP contribution in [0.15, 0.2) is 6.07 Å². The molecular weight excluding hydrogens is 254 g/mol. The Morgan fingerprint density at radius 1 is 1.56 bits per heavy atom. The normalized spacial score (nSPS) is 16.6. The molecule has 0 radical (unpaired) electrons. The molecule has 1 aliphatic carbocycles. The predicted molar refractivity (Wildman–Crippen MR) is 69.6 cm³/mol. The second kappa shape index (κ2) is 6.31. The third kappa shape index (κ3) is 4.08. The fourth-order valence-corrected chi connectivity index (χ4v) is 1.87. The van der Waals surface area contributed by atoms with Crippen molar-refractivity contribution in [1.29, 1.82) is 0 Å². The summed E-state index contributed by atoms with van der Waals surface area (Å²) in [6.45, 7) is 3.36. The monoisotopic (exact) mass is 271 g/mol. The van der Waals surface area contributed by atoms with Gasteiger partial charge in [-0.1, -0.05) is 11.6 Å². The van der Waals surface area contributed by atoms with Crippen molar-refractivity contribution in [3.05, 3.63) is 17.0 Å². The third-order valence-corrected chi connectivity index (χ3v) is 3.03. The Bertz CT molecular complexity index is 399. The number of rotatable bonds is 7. The smallest absolute Gasteiger partial charge is 0.158 e. The van der Waals surface area contributed by atoms with Crippen LogP contribution in [0.4, 0.5) is 5.82 Å². The minimum absolute atomic E-state index is 0.311. The molecule has 100 valence electrons. The third-order valence-electron chi connectivity index (χ3n) is 2.83. The average molecular weight is 272 g/mol. The second-order valence-corrected chi connectivity index (χ2v) is 4.80. The fraction of sp³-hybridized carbons (Fsp3) is 0.667. The minimum Gasteiger partial charge on any atom is -0.391 e. The number of ether oxygens (including phenoxy) is 1. The summed E-state index contributed by atoms with van der Waals surface area (Å²) in [5.74, 6) is 1.62. The summed E-state index contributed by atoms with van der Waals surface area (Å²) in [4.78, 5) is 8.35. The van der Waals surface area contributed by atoms with E-state index in [1.807, 2.05) is 6.92 Å². The Balaban J connectivity index is 1.91. The van der Waals surface area contributed by atoms with Crippen molar-refractivity contribution in [1.82, 2.24) is 9.97 Å². The van der Waals surface area contributed by atoms with E-state index in [0.717, 1.165) is 12.8 Å². The van der Waals surface area contributed by atoms with Gasteiger partial charge in [0.05, 0.1) is 6.10 Å². The Morgan fingerprint density at radius 2 is 2.33 bits per heavy atom. The first kappa shape index (κ1) is 13.5. The van der Waals surface area contributed by atoms with Crippen molar-refractivity contribution < 1.29 is 9.84 Å². The molecule has 0 bridgehead atoms. The minimum atomic E-state index is -0.311. The highest BCUT2D eigenvalue weighted by atomic mass is 35.5. The van der Waals surface area contributed by atoms with Crippen LogP contribution >= 0.6 is 11.6 Å². The number of aliphatic hydroxyl groups excluding tert-OH is 1. The molecule has 18 heavy (non-hydrogen) atoms. The first-order chi connectivity index (χ1) is 8.69. The Morgan fingerprint density at radius 3 is 3.00 bits per heavy atom. The van der Waals surface area contributed by atoms with E-state index in [9.17, 15) is 5.11 Å². The van der Waals surface area contributed by atoms with E-state index in [0.29, 0.717) is 42.5 Å². The molecule has 1 aromatic heterocycles. The van der Waals surface area contributed by atoms with Crippen molar-refractivity contribution in [2.45, 2.75) is 32.5 Å². The standard InChI is InChI=1S/C12H18ClN3O2/c1-2-18-7-12-15-10(13)5-11(16-12)14-6-9(17)8-3-4-8/h5,8-9,17H,2-4,6-7H2,1H3,(H,14,15,16). The van der Waals surface area contributed by atoms with Gasteiger partial charge in [0.1, 0.15) is 17.6 Å². The van der Waals surface area contributed by atoms with E-state index < -0.39 is 0 Å². The lowest BCUT2D eigenvalue weighted by molar-refractivity contribution is 0.128. The highest BCUT2D eigenvalue weighted by Gasteiger charge is 2.29. The van der Waals surface area contributed by atoms with Crippen molar-refractivity contribution in [3.8, 4) is 0 Å². The number of nitrogens with one attached hydrogen (secondary N) is 1. The molecule has 1 aromatic rings. The molecule has 2 rings (SSSR count). The zero-order valence-electron chi connectivity index (χ0n) is 10.4. The fourth-order valence-electron chi connectivity index (χ4n) is 1.67. The van der Waals surface area contributed by atoms with E-state index >= 15 is 0 Å². The second-order valence-electron chi connectivity index (χ2n) is 4.41. The topological polar surface area (TPSA) is 67.3 Å². The van der Waals surface area contributed by atoms with Crippen LogP contribution in [-0.2, 0) is 11.3 Å². The van der Waals surface area contributed by atoms with Gasteiger partial charge < -0.3 is 15.2 Å². The first-order valence-electron chi connectivity index (χ1n) is 6.22. The van der Waals surface area contributed by atoms with Crippen LogP contribution in [0.2, 0.25) is 5.15 Å². The van der Waals surface area contributed by atoms with Crippen molar-refractivity contribution in [2.24, 2.45) is 5.92 Å². The Hall–Kier alpha value is -0.910. The van der Waals surface area contributed by atoms with Crippen molar-refractivity contribution in [2.75, 3.05) is 18.5 Å². The lowest BCUT2D eigenvalue weighted by Gasteiger charge is -2.12. The van der Waals surface area contributed by atoms with Crippen LogP contribution in [0.5, 0.6) is 0 Å². The van der Waals surface area contributed by atoms with Gasteiger partial charge in [-0.15, -0.1) is 0 Å². The van der Waals surface area contributed by atoms with E-state index in [2.05, 4.69) is 15.3 Å². The number of aromatic nitrogens is 2. The van der Waals surface area contributed by atoms with E-state index in [4.69, 9.17) is 16.3 Å². The van der Waals surface area contributed by atoms with Gasteiger partial charge in [0, 0.05) is 19.2 Å². The maximum atomic E-state index is 9.77. The molecule has 0 aromatic carbocycles. The van der Waals surface area contributed by atoms with Gasteiger partial charge in [-0.2, -0.15) is 0 Å². The SMILES string of the molecule is CCOCc1nc(Cl)cc(NCC(O)C2CC2)n1. The van der Waals surface area contributed by atoms with E-state index in [1.165, 1.54) is 0 Å². The van der Waals surface area contributed by atoms with Gasteiger partial charge >= 0.3 is 0 Å². The molecular formula is C12H18ClN3O2. The number of aliphatic hydroxyl groups is 1. The van der Waals surface area contributed by atoms with Gasteiger partial charge in [0.2, 0.25) is 0 Å². The highest BCUT2D eigenvalue weighted by molar-refractivity contribution is 6.29. The molecule has 1 unspecified atom stereocenters. The molecule has 6 heteroatoms. The molecule has 1 heterocycles. The lowest BCUT2D eigenvalue weighted by Crippen LogP contribution is -2.22. The number of hydrogen-bond donors (Lipinski definition) is 2. The summed E-state index contributed by atoms with van der Waals surface area (Å²) < 4.78 is 5.24. The molecule has 1 atom stereocenters. The van der Waals surface area contributed by atoms with Crippen LogP contribution in [-0.4, -0.2) is 34.3 Å². The largest absolute Gasteiger partial charge is 0.391 e. The summed E-state index contributed by atoms with van der Waals surface area (Å²) in [6, 6.07) is 1.65. The summed E-state index contributed by atoms with van der Waals surface area (Å²) >= 11 is 5.91. The summed E-state index contributed by atoms with van der Waals surface area (Å²) in [5, 5.41) is 13.2. The van der Waals surface area contributed by atoms with Crippen LogP contribution < -0.4 is 5.32 Å². The van der Waals surface area contributed by atoms with Crippen LogP contribution in [0, 0.1) is 5.92 Å². The first-order valence-corrected chi connectivity index (χ1v) is 6.60.